The first-order chi connectivity index (χ1) is 8.52. The third-order valence-electron chi connectivity index (χ3n) is 3.04. The molecule has 0 aromatic heterocycles. The number of hydrogen-bond acceptors (Lipinski definition) is 2. The molecule has 0 radical (unpaired) electrons. The zero-order valence-corrected chi connectivity index (χ0v) is 10.4. The number of carbonyl (C=O) groups is 1. The molecule has 0 amide bonds. The van der Waals surface area contributed by atoms with Gasteiger partial charge in [0.05, 0.1) is 0 Å². The van der Waals surface area contributed by atoms with Crippen LogP contribution in [0, 0.1) is 11.7 Å². The highest BCUT2D eigenvalue weighted by Crippen LogP contribution is 2.28. The number of rotatable bonds is 3. The van der Waals surface area contributed by atoms with E-state index in [4.69, 9.17) is 0 Å². The summed E-state index contributed by atoms with van der Waals surface area (Å²) in [5, 5.41) is 11.1. The minimum Gasteiger partial charge on any atom is -0.381 e. The van der Waals surface area contributed by atoms with Crippen LogP contribution in [0.3, 0.4) is 0 Å². The van der Waals surface area contributed by atoms with Gasteiger partial charge in [-0.2, -0.15) is 0 Å². The molecular weight excluding hydrogens is 231 g/mol. The predicted molar refractivity (Wildman–Crippen MR) is 68.7 cm³/mol. The van der Waals surface area contributed by atoms with E-state index in [1.807, 2.05) is 0 Å². The monoisotopic (exact) mass is 246 g/mol. The van der Waals surface area contributed by atoms with Crippen LogP contribution in [0.25, 0.3) is 10.8 Å². The molecule has 2 rings (SSSR count). The summed E-state index contributed by atoms with van der Waals surface area (Å²) in [5.41, 5.74) is 0.464. The number of carbonyl (C=O) groups excluding carboxylic acids is 1. The lowest BCUT2D eigenvalue weighted by Gasteiger charge is -2.15. The van der Waals surface area contributed by atoms with E-state index in [2.05, 4.69) is 0 Å². The van der Waals surface area contributed by atoms with E-state index >= 15 is 0 Å². The molecular formula is C15H15FO2. The molecule has 0 bridgehead atoms. The Balaban J connectivity index is 2.59. The standard InChI is InChI=1S/C15H15FO2/c1-9(2)14(17)15(18)12-7-8-13(16)11-6-4-3-5-10(11)12/h3-9,15,18H,1-2H3. The number of benzene rings is 2. The minimum atomic E-state index is -1.20. The maximum Gasteiger partial charge on any atom is 0.168 e. The number of aliphatic hydroxyl groups is 1. The first-order valence-corrected chi connectivity index (χ1v) is 5.91. The van der Waals surface area contributed by atoms with E-state index in [9.17, 15) is 14.3 Å². The van der Waals surface area contributed by atoms with E-state index in [1.165, 1.54) is 12.1 Å². The molecule has 94 valence electrons. The van der Waals surface area contributed by atoms with Crippen LogP contribution in [0.1, 0.15) is 25.5 Å². The number of Topliss-reactive ketones (excluding diaryl/α,β-unsaturated/α-hetero) is 1. The van der Waals surface area contributed by atoms with Crippen molar-refractivity contribution >= 4 is 16.6 Å². The summed E-state index contributed by atoms with van der Waals surface area (Å²) in [7, 11) is 0. The van der Waals surface area contributed by atoms with Gasteiger partial charge in [-0.1, -0.05) is 44.2 Å². The fraction of sp³-hybridized carbons (Fsp3) is 0.267. The van der Waals surface area contributed by atoms with Crippen LogP contribution in [0.15, 0.2) is 36.4 Å². The van der Waals surface area contributed by atoms with Crippen LogP contribution in [-0.2, 0) is 4.79 Å². The van der Waals surface area contributed by atoms with Gasteiger partial charge in [0, 0.05) is 11.3 Å². The van der Waals surface area contributed by atoms with Crippen LogP contribution < -0.4 is 0 Å². The van der Waals surface area contributed by atoms with Gasteiger partial charge in [0.15, 0.2) is 5.78 Å². The van der Waals surface area contributed by atoms with E-state index in [0.717, 1.165) is 0 Å². The smallest absolute Gasteiger partial charge is 0.168 e. The van der Waals surface area contributed by atoms with Crippen molar-refractivity contribution < 1.29 is 14.3 Å². The Morgan fingerprint density at radius 3 is 2.33 bits per heavy atom. The molecule has 0 aliphatic carbocycles. The Kier molecular flexibility index (Phi) is 3.43. The molecule has 0 aliphatic heterocycles. The molecule has 18 heavy (non-hydrogen) atoms. The lowest BCUT2D eigenvalue weighted by molar-refractivity contribution is -0.130. The Bertz CT molecular complexity index is 590. The third kappa shape index (κ3) is 2.14. The van der Waals surface area contributed by atoms with Gasteiger partial charge in [-0.05, 0) is 17.0 Å². The average Bonchev–Trinajstić information content (AvgIpc) is 2.38. The van der Waals surface area contributed by atoms with Crippen molar-refractivity contribution in [2.24, 2.45) is 5.92 Å². The summed E-state index contributed by atoms with van der Waals surface area (Å²) in [6.45, 7) is 3.47. The van der Waals surface area contributed by atoms with Gasteiger partial charge >= 0.3 is 0 Å². The Hall–Kier alpha value is -1.74. The van der Waals surface area contributed by atoms with Crippen molar-refractivity contribution in [1.82, 2.24) is 0 Å². The maximum absolute atomic E-state index is 13.6. The topological polar surface area (TPSA) is 37.3 Å². The van der Waals surface area contributed by atoms with Gasteiger partial charge in [-0.3, -0.25) is 4.79 Å². The van der Waals surface area contributed by atoms with Gasteiger partial charge in [-0.15, -0.1) is 0 Å². The highest BCUT2D eigenvalue weighted by Gasteiger charge is 2.22. The van der Waals surface area contributed by atoms with Gasteiger partial charge in [0.2, 0.25) is 0 Å². The average molecular weight is 246 g/mol. The Labute approximate surface area is 105 Å². The van der Waals surface area contributed by atoms with Crippen LogP contribution >= 0.6 is 0 Å². The van der Waals surface area contributed by atoms with Gasteiger partial charge < -0.3 is 5.11 Å². The number of halogens is 1. The molecule has 2 nitrogen and oxygen atoms in total. The lowest BCUT2D eigenvalue weighted by atomic mass is 9.93. The Morgan fingerprint density at radius 1 is 1.11 bits per heavy atom. The molecule has 0 heterocycles. The first-order valence-electron chi connectivity index (χ1n) is 5.91. The summed E-state index contributed by atoms with van der Waals surface area (Å²) >= 11 is 0. The third-order valence-corrected chi connectivity index (χ3v) is 3.04. The molecule has 3 heteroatoms. The second kappa shape index (κ2) is 4.86. The van der Waals surface area contributed by atoms with Crippen molar-refractivity contribution in [3.63, 3.8) is 0 Å². The van der Waals surface area contributed by atoms with Gasteiger partial charge in [0.25, 0.3) is 0 Å². The zero-order chi connectivity index (χ0) is 13.3. The number of ketones is 1. The molecule has 1 atom stereocenters. The van der Waals surface area contributed by atoms with Crippen LogP contribution in [0.2, 0.25) is 0 Å². The SMILES string of the molecule is CC(C)C(=O)C(O)c1ccc(F)c2ccccc12. The molecule has 0 saturated heterocycles. The molecule has 1 unspecified atom stereocenters. The highest BCUT2D eigenvalue weighted by molar-refractivity contribution is 5.93. The molecule has 0 fully saturated rings. The molecule has 1 N–H and O–H groups in total. The van der Waals surface area contributed by atoms with Crippen molar-refractivity contribution in [2.45, 2.75) is 20.0 Å². The quantitative estimate of drug-likeness (QED) is 0.902. The summed E-state index contributed by atoms with van der Waals surface area (Å²) in [6, 6.07) is 9.60. The van der Waals surface area contributed by atoms with Crippen molar-refractivity contribution in [3.8, 4) is 0 Å². The van der Waals surface area contributed by atoms with Gasteiger partial charge in [0.1, 0.15) is 11.9 Å². The van der Waals surface area contributed by atoms with Crippen molar-refractivity contribution in [1.29, 1.82) is 0 Å². The van der Waals surface area contributed by atoms with E-state index < -0.39 is 6.10 Å². The van der Waals surface area contributed by atoms with E-state index in [-0.39, 0.29) is 17.5 Å². The molecule has 2 aromatic carbocycles. The predicted octanol–water partition coefficient (Wildman–Crippen LogP) is 3.24. The van der Waals surface area contributed by atoms with Crippen LogP contribution in [-0.4, -0.2) is 10.9 Å². The summed E-state index contributed by atoms with van der Waals surface area (Å²) < 4.78 is 13.6. The van der Waals surface area contributed by atoms with E-state index in [1.54, 1.807) is 38.1 Å². The Morgan fingerprint density at radius 2 is 1.72 bits per heavy atom. The number of fused-ring (bicyclic) bond motifs is 1. The molecule has 0 aliphatic rings. The summed E-state index contributed by atoms with van der Waals surface area (Å²) in [4.78, 5) is 11.8. The normalized spacial score (nSPS) is 12.9. The molecule has 0 saturated carbocycles. The maximum atomic E-state index is 13.6. The van der Waals surface area contributed by atoms with Crippen LogP contribution in [0.5, 0.6) is 0 Å². The lowest BCUT2D eigenvalue weighted by Crippen LogP contribution is -2.17. The van der Waals surface area contributed by atoms with Crippen LogP contribution in [0.4, 0.5) is 4.39 Å². The van der Waals surface area contributed by atoms with E-state index in [0.29, 0.717) is 16.3 Å². The number of hydrogen-bond donors (Lipinski definition) is 1. The molecule has 0 spiro atoms. The zero-order valence-electron chi connectivity index (χ0n) is 10.4. The largest absolute Gasteiger partial charge is 0.381 e. The minimum absolute atomic E-state index is 0.258. The highest BCUT2D eigenvalue weighted by atomic mass is 19.1. The number of aliphatic hydroxyl groups excluding tert-OH is 1. The summed E-state index contributed by atoms with van der Waals surface area (Å²) in [6.07, 6.45) is -1.20. The van der Waals surface area contributed by atoms with Crippen molar-refractivity contribution in [2.75, 3.05) is 0 Å². The summed E-state index contributed by atoms with van der Waals surface area (Å²) in [5.74, 6) is -0.867. The van der Waals surface area contributed by atoms with Crippen molar-refractivity contribution in [3.05, 3.63) is 47.8 Å². The second-order valence-corrected chi connectivity index (χ2v) is 4.64. The fourth-order valence-corrected chi connectivity index (χ4v) is 1.99. The first kappa shape index (κ1) is 12.7. The second-order valence-electron chi connectivity index (χ2n) is 4.64. The fourth-order valence-electron chi connectivity index (χ4n) is 1.99. The van der Waals surface area contributed by atoms with Gasteiger partial charge in [-0.25, -0.2) is 4.39 Å². The molecule has 2 aromatic rings.